The van der Waals surface area contributed by atoms with E-state index in [2.05, 4.69) is 23.8 Å². The number of carbonyl (C=O) groups excluding carboxylic acids is 1. The molecule has 1 saturated carbocycles. The predicted molar refractivity (Wildman–Crippen MR) is 90.6 cm³/mol. The zero-order valence-electron chi connectivity index (χ0n) is 13.0. The fourth-order valence-electron chi connectivity index (χ4n) is 2.86. The molecule has 5 heteroatoms. The second-order valence-corrected chi connectivity index (χ2v) is 5.81. The van der Waals surface area contributed by atoms with E-state index >= 15 is 0 Å². The van der Waals surface area contributed by atoms with Gasteiger partial charge in [-0.2, -0.15) is 0 Å². The minimum Gasteiger partial charge on any atom is -0.478 e. The Bertz CT molecular complexity index is 616. The molecule has 1 aromatic carbocycles. The van der Waals surface area contributed by atoms with Crippen molar-refractivity contribution in [1.82, 2.24) is 5.32 Å². The molecule has 2 rings (SSSR count). The molecule has 2 amide bonds. The summed E-state index contributed by atoms with van der Waals surface area (Å²) in [6, 6.07) is 6.01. The summed E-state index contributed by atoms with van der Waals surface area (Å²) in [5.41, 5.74) is 1.68. The molecule has 0 unspecified atom stereocenters. The number of rotatable bonds is 5. The number of carboxylic acids is 1. The van der Waals surface area contributed by atoms with Crippen molar-refractivity contribution in [2.75, 3.05) is 5.32 Å². The van der Waals surface area contributed by atoms with E-state index in [9.17, 15) is 9.59 Å². The van der Waals surface area contributed by atoms with Crippen molar-refractivity contribution in [3.05, 3.63) is 54.6 Å². The lowest BCUT2D eigenvalue weighted by Crippen LogP contribution is -2.40. The van der Waals surface area contributed by atoms with E-state index in [1.807, 2.05) is 0 Å². The first-order chi connectivity index (χ1) is 11.0. The second-order valence-electron chi connectivity index (χ2n) is 5.81. The van der Waals surface area contributed by atoms with E-state index in [1.165, 1.54) is 12.1 Å². The number of aromatic carboxylic acids is 1. The Labute approximate surface area is 136 Å². The maximum absolute atomic E-state index is 12.0. The second kappa shape index (κ2) is 7.63. The van der Waals surface area contributed by atoms with Crippen LogP contribution in [0.15, 0.2) is 49.1 Å². The number of allylic oxidation sites excluding steroid dienone is 2. The average Bonchev–Trinajstić information content (AvgIpc) is 2.55. The normalized spacial score (nSPS) is 20.3. The highest BCUT2D eigenvalue weighted by Crippen LogP contribution is 2.29. The van der Waals surface area contributed by atoms with Crippen LogP contribution in [0, 0.1) is 5.92 Å². The van der Waals surface area contributed by atoms with Crippen molar-refractivity contribution in [3.8, 4) is 0 Å². The third-order valence-electron chi connectivity index (χ3n) is 4.22. The van der Waals surface area contributed by atoms with Gasteiger partial charge in [0.25, 0.3) is 0 Å². The van der Waals surface area contributed by atoms with Gasteiger partial charge in [-0.1, -0.05) is 30.9 Å². The monoisotopic (exact) mass is 314 g/mol. The van der Waals surface area contributed by atoms with Gasteiger partial charge in [-0.25, -0.2) is 9.59 Å². The van der Waals surface area contributed by atoms with Gasteiger partial charge in [0.2, 0.25) is 0 Å². The number of anilines is 1. The molecular weight excluding hydrogens is 292 g/mol. The first-order valence-corrected chi connectivity index (χ1v) is 7.71. The highest BCUT2D eigenvalue weighted by Gasteiger charge is 2.23. The molecule has 0 bridgehead atoms. The van der Waals surface area contributed by atoms with Gasteiger partial charge < -0.3 is 15.7 Å². The maximum atomic E-state index is 12.0. The Hall–Kier alpha value is -2.56. The van der Waals surface area contributed by atoms with Gasteiger partial charge in [-0.3, -0.25) is 0 Å². The minimum absolute atomic E-state index is 0.131. The highest BCUT2D eigenvalue weighted by molar-refractivity contribution is 5.93. The molecule has 1 aliphatic rings. The number of carbonyl (C=O) groups is 2. The molecule has 1 fully saturated rings. The molecule has 0 aliphatic heterocycles. The largest absolute Gasteiger partial charge is 0.478 e. The Balaban J connectivity index is 1.84. The summed E-state index contributed by atoms with van der Waals surface area (Å²) in [6.45, 7) is 7.74. The van der Waals surface area contributed by atoms with Crippen LogP contribution in [0.25, 0.3) is 0 Å². The van der Waals surface area contributed by atoms with Crippen molar-refractivity contribution >= 4 is 17.7 Å². The number of hydrogen-bond donors (Lipinski definition) is 3. The summed E-state index contributed by atoms with van der Waals surface area (Å²) in [4.78, 5) is 23.0. The molecule has 3 N–H and O–H groups in total. The van der Waals surface area contributed by atoms with Crippen LogP contribution in [0.4, 0.5) is 10.5 Å². The van der Waals surface area contributed by atoms with E-state index in [-0.39, 0.29) is 17.6 Å². The highest BCUT2D eigenvalue weighted by atomic mass is 16.4. The molecule has 23 heavy (non-hydrogen) atoms. The molecular formula is C18H22N2O3. The lowest BCUT2D eigenvalue weighted by Gasteiger charge is -2.29. The molecule has 0 aromatic heterocycles. The molecule has 0 spiro atoms. The summed E-state index contributed by atoms with van der Waals surface area (Å²) < 4.78 is 0. The molecule has 0 saturated heterocycles. The lowest BCUT2D eigenvalue weighted by molar-refractivity contribution is 0.0697. The SMILES string of the molecule is C=CC(=C)C1CCC(NC(=O)Nc2cccc(C(=O)O)c2)CC1. The third kappa shape index (κ3) is 4.71. The van der Waals surface area contributed by atoms with E-state index < -0.39 is 5.97 Å². The molecule has 122 valence electrons. The quantitative estimate of drug-likeness (QED) is 0.723. The third-order valence-corrected chi connectivity index (χ3v) is 4.22. The summed E-state index contributed by atoms with van der Waals surface area (Å²) in [5, 5.41) is 14.6. The number of hydrogen-bond acceptors (Lipinski definition) is 2. The summed E-state index contributed by atoms with van der Waals surface area (Å²) in [7, 11) is 0. The molecule has 5 nitrogen and oxygen atoms in total. The van der Waals surface area contributed by atoms with Crippen LogP contribution in [0.1, 0.15) is 36.0 Å². The van der Waals surface area contributed by atoms with Gasteiger partial charge in [0.05, 0.1) is 5.56 Å². The number of amides is 2. The Morgan fingerprint density at radius 2 is 1.91 bits per heavy atom. The van der Waals surface area contributed by atoms with Crippen LogP contribution in [0.3, 0.4) is 0 Å². The van der Waals surface area contributed by atoms with Gasteiger partial charge in [0.15, 0.2) is 0 Å². The van der Waals surface area contributed by atoms with Crippen molar-refractivity contribution in [2.24, 2.45) is 5.92 Å². The Kier molecular flexibility index (Phi) is 5.57. The predicted octanol–water partition coefficient (Wildman–Crippen LogP) is 3.81. The van der Waals surface area contributed by atoms with Crippen LogP contribution in [0.2, 0.25) is 0 Å². The number of carboxylic acid groups (broad SMARTS) is 1. The van der Waals surface area contributed by atoms with Crippen LogP contribution in [-0.4, -0.2) is 23.1 Å². The van der Waals surface area contributed by atoms with Crippen LogP contribution in [-0.2, 0) is 0 Å². The average molecular weight is 314 g/mol. The van der Waals surface area contributed by atoms with Crippen molar-refractivity contribution in [1.29, 1.82) is 0 Å². The van der Waals surface area contributed by atoms with Gasteiger partial charge in [0.1, 0.15) is 0 Å². The van der Waals surface area contributed by atoms with Crippen molar-refractivity contribution in [3.63, 3.8) is 0 Å². The summed E-state index contributed by atoms with van der Waals surface area (Å²) in [5.74, 6) is -0.560. The maximum Gasteiger partial charge on any atom is 0.335 e. The van der Waals surface area contributed by atoms with E-state index in [0.29, 0.717) is 11.6 Å². The van der Waals surface area contributed by atoms with Gasteiger partial charge in [-0.15, -0.1) is 0 Å². The zero-order chi connectivity index (χ0) is 16.8. The van der Waals surface area contributed by atoms with Gasteiger partial charge >= 0.3 is 12.0 Å². The zero-order valence-corrected chi connectivity index (χ0v) is 13.0. The summed E-state index contributed by atoms with van der Waals surface area (Å²) in [6.07, 6.45) is 5.59. The number of benzene rings is 1. The van der Waals surface area contributed by atoms with E-state index in [1.54, 1.807) is 18.2 Å². The molecule has 0 atom stereocenters. The van der Waals surface area contributed by atoms with E-state index in [0.717, 1.165) is 31.3 Å². The van der Waals surface area contributed by atoms with E-state index in [4.69, 9.17) is 5.11 Å². The fourth-order valence-corrected chi connectivity index (χ4v) is 2.86. The molecule has 1 aromatic rings. The number of nitrogens with one attached hydrogen (secondary N) is 2. The van der Waals surface area contributed by atoms with Gasteiger partial charge in [0, 0.05) is 11.7 Å². The first-order valence-electron chi connectivity index (χ1n) is 7.71. The smallest absolute Gasteiger partial charge is 0.335 e. The lowest BCUT2D eigenvalue weighted by atomic mass is 9.82. The first kappa shape index (κ1) is 16.8. The summed E-state index contributed by atoms with van der Waals surface area (Å²) >= 11 is 0. The minimum atomic E-state index is -1.02. The number of urea groups is 1. The molecule has 1 aliphatic carbocycles. The standard InChI is InChI=1S/C18H22N2O3/c1-3-12(2)13-7-9-15(10-8-13)19-18(23)20-16-6-4-5-14(11-16)17(21)22/h3-6,11,13,15H,1-2,7-10H2,(H,21,22)(H2,19,20,23). The Morgan fingerprint density at radius 3 is 2.52 bits per heavy atom. The van der Waals surface area contributed by atoms with Crippen molar-refractivity contribution in [2.45, 2.75) is 31.7 Å². The van der Waals surface area contributed by atoms with Crippen LogP contribution < -0.4 is 10.6 Å². The van der Waals surface area contributed by atoms with Crippen molar-refractivity contribution < 1.29 is 14.7 Å². The van der Waals surface area contributed by atoms with Crippen LogP contribution >= 0.6 is 0 Å². The molecule has 0 radical (unpaired) electrons. The van der Waals surface area contributed by atoms with Gasteiger partial charge in [-0.05, 0) is 49.8 Å². The van der Waals surface area contributed by atoms with Crippen LogP contribution in [0.5, 0.6) is 0 Å². The fraction of sp³-hybridized carbons (Fsp3) is 0.333. The Morgan fingerprint density at radius 1 is 1.22 bits per heavy atom. The molecule has 0 heterocycles. The topological polar surface area (TPSA) is 78.4 Å².